The molecule has 1 aliphatic carbocycles. The largest absolute Gasteiger partial charge is 0.494 e. The van der Waals surface area contributed by atoms with E-state index >= 15 is 0 Å². The van der Waals surface area contributed by atoms with Crippen LogP contribution in [0.15, 0.2) is 24.3 Å². The average Bonchev–Trinajstić information content (AvgIpc) is 3.19. The summed E-state index contributed by atoms with van der Waals surface area (Å²) in [7, 11) is -0.301. The molecule has 21 heavy (non-hydrogen) atoms. The first-order valence-electron chi connectivity index (χ1n) is 7.91. The quantitative estimate of drug-likeness (QED) is 0.796. The van der Waals surface area contributed by atoms with E-state index in [9.17, 15) is 0 Å². The number of ether oxygens (including phenoxy) is 1. The lowest BCUT2D eigenvalue weighted by Crippen LogP contribution is -2.41. The van der Waals surface area contributed by atoms with Crippen molar-refractivity contribution in [2.24, 2.45) is 5.92 Å². The van der Waals surface area contributed by atoms with Gasteiger partial charge in [-0.1, -0.05) is 12.1 Å². The third kappa shape index (κ3) is 2.97. The zero-order valence-corrected chi connectivity index (χ0v) is 13.7. The number of hydrogen-bond donors (Lipinski definition) is 0. The molecule has 0 aromatic heterocycles. The Bertz CT molecular complexity index is 489. The van der Waals surface area contributed by atoms with Gasteiger partial charge in [0.25, 0.3) is 0 Å². The normalized spacial score (nSPS) is 24.9. The highest BCUT2D eigenvalue weighted by molar-refractivity contribution is 6.62. The Morgan fingerprint density at radius 2 is 1.57 bits per heavy atom. The van der Waals surface area contributed by atoms with E-state index in [-0.39, 0.29) is 18.3 Å². The standard InChI is InChI=1S/C17H25BO3/c1-12(13-6-7-13)19-15-10-8-14(9-11-15)18-20-16(2,3)17(4,5)21-18/h8-13H,6-7H2,1-5H3/t12-/m0/s1. The van der Waals surface area contributed by atoms with Gasteiger partial charge in [0.05, 0.1) is 17.3 Å². The average molecular weight is 288 g/mol. The molecular formula is C17H25BO3. The minimum atomic E-state index is -0.301. The lowest BCUT2D eigenvalue weighted by Gasteiger charge is -2.32. The van der Waals surface area contributed by atoms with Gasteiger partial charge in [-0.2, -0.15) is 0 Å². The van der Waals surface area contributed by atoms with Gasteiger partial charge in [0, 0.05) is 0 Å². The molecular weight excluding hydrogens is 263 g/mol. The second-order valence-electron chi connectivity index (χ2n) is 7.32. The summed E-state index contributed by atoms with van der Waals surface area (Å²) in [6.07, 6.45) is 2.91. The summed E-state index contributed by atoms with van der Waals surface area (Å²) < 4.78 is 18.1. The lowest BCUT2D eigenvalue weighted by molar-refractivity contribution is 0.00578. The molecule has 0 amide bonds. The predicted molar refractivity (Wildman–Crippen MR) is 85.0 cm³/mol. The Labute approximate surface area is 128 Å². The van der Waals surface area contributed by atoms with Gasteiger partial charge in [-0.25, -0.2) is 0 Å². The summed E-state index contributed by atoms with van der Waals surface area (Å²) in [6.45, 7) is 10.4. The van der Waals surface area contributed by atoms with Crippen molar-refractivity contribution in [2.75, 3.05) is 0 Å². The van der Waals surface area contributed by atoms with Crippen molar-refractivity contribution >= 4 is 12.6 Å². The van der Waals surface area contributed by atoms with Gasteiger partial charge < -0.3 is 14.0 Å². The van der Waals surface area contributed by atoms with Crippen molar-refractivity contribution in [2.45, 2.75) is 64.8 Å². The van der Waals surface area contributed by atoms with Crippen LogP contribution in [0.5, 0.6) is 5.75 Å². The van der Waals surface area contributed by atoms with Crippen LogP contribution in [0.25, 0.3) is 0 Å². The minimum Gasteiger partial charge on any atom is -0.490 e. The smallest absolute Gasteiger partial charge is 0.490 e. The number of benzene rings is 1. The molecule has 3 nitrogen and oxygen atoms in total. The van der Waals surface area contributed by atoms with Crippen LogP contribution in [0.2, 0.25) is 0 Å². The van der Waals surface area contributed by atoms with Crippen LogP contribution in [0.3, 0.4) is 0 Å². The zero-order chi connectivity index (χ0) is 15.3. The number of rotatable bonds is 4. The number of hydrogen-bond acceptors (Lipinski definition) is 3. The monoisotopic (exact) mass is 288 g/mol. The van der Waals surface area contributed by atoms with E-state index in [1.54, 1.807) is 0 Å². The summed E-state index contributed by atoms with van der Waals surface area (Å²) in [5.41, 5.74) is 0.445. The van der Waals surface area contributed by atoms with Gasteiger partial charge in [0.1, 0.15) is 5.75 Å². The highest BCUT2D eigenvalue weighted by atomic mass is 16.7. The van der Waals surface area contributed by atoms with Gasteiger partial charge >= 0.3 is 7.12 Å². The Hall–Kier alpha value is -0.995. The van der Waals surface area contributed by atoms with Crippen LogP contribution in [0, 0.1) is 5.92 Å². The summed E-state index contributed by atoms with van der Waals surface area (Å²) in [5, 5.41) is 0. The molecule has 2 fully saturated rings. The van der Waals surface area contributed by atoms with Crippen molar-refractivity contribution in [3.63, 3.8) is 0 Å². The fraction of sp³-hybridized carbons (Fsp3) is 0.647. The van der Waals surface area contributed by atoms with E-state index in [4.69, 9.17) is 14.0 Å². The van der Waals surface area contributed by atoms with E-state index in [0.29, 0.717) is 6.10 Å². The van der Waals surface area contributed by atoms with Gasteiger partial charge in [0.15, 0.2) is 0 Å². The summed E-state index contributed by atoms with van der Waals surface area (Å²) in [5.74, 6) is 1.67. The molecule has 1 saturated carbocycles. The highest BCUT2D eigenvalue weighted by Crippen LogP contribution is 2.37. The molecule has 0 spiro atoms. The molecule has 1 aromatic rings. The second kappa shape index (κ2) is 5.03. The van der Waals surface area contributed by atoms with Crippen molar-refractivity contribution in [1.82, 2.24) is 0 Å². The first kappa shape index (κ1) is 14.9. The van der Waals surface area contributed by atoms with Crippen LogP contribution in [-0.2, 0) is 9.31 Å². The predicted octanol–water partition coefficient (Wildman–Crippen LogP) is 3.16. The van der Waals surface area contributed by atoms with E-state index in [0.717, 1.165) is 17.1 Å². The van der Waals surface area contributed by atoms with Crippen LogP contribution >= 0.6 is 0 Å². The highest BCUT2D eigenvalue weighted by Gasteiger charge is 2.51. The summed E-state index contributed by atoms with van der Waals surface area (Å²) in [4.78, 5) is 0. The first-order chi connectivity index (χ1) is 9.78. The maximum Gasteiger partial charge on any atom is 0.494 e. The molecule has 0 N–H and O–H groups in total. The molecule has 4 heteroatoms. The van der Waals surface area contributed by atoms with Crippen molar-refractivity contribution in [1.29, 1.82) is 0 Å². The van der Waals surface area contributed by atoms with Gasteiger partial charge in [-0.15, -0.1) is 0 Å². The van der Waals surface area contributed by atoms with Crippen LogP contribution in [0.4, 0.5) is 0 Å². The Balaban J connectivity index is 1.67. The SMILES string of the molecule is C[C@H](Oc1ccc(B2OC(C)(C)C(C)(C)O2)cc1)C1CC1. The molecule has 0 bridgehead atoms. The molecule has 3 rings (SSSR count). The molecule has 1 heterocycles. The first-order valence-corrected chi connectivity index (χ1v) is 7.91. The molecule has 114 valence electrons. The van der Waals surface area contributed by atoms with E-state index in [1.165, 1.54) is 12.8 Å². The van der Waals surface area contributed by atoms with Gasteiger partial charge in [-0.05, 0) is 71.0 Å². The van der Waals surface area contributed by atoms with E-state index in [1.807, 2.05) is 24.3 Å². The Morgan fingerprint density at radius 1 is 1.05 bits per heavy atom. The van der Waals surface area contributed by atoms with Crippen molar-refractivity contribution in [3.8, 4) is 5.75 Å². The maximum absolute atomic E-state index is 6.06. The zero-order valence-electron chi connectivity index (χ0n) is 13.7. The van der Waals surface area contributed by atoms with Gasteiger partial charge in [0.2, 0.25) is 0 Å². The van der Waals surface area contributed by atoms with Crippen molar-refractivity contribution in [3.05, 3.63) is 24.3 Å². The molecule has 2 aliphatic rings. The van der Waals surface area contributed by atoms with Crippen LogP contribution < -0.4 is 10.2 Å². The fourth-order valence-electron chi connectivity index (χ4n) is 2.56. The molecule has 1 aromatic carbocycles. The molecule has 0 unspecified atom stereocenters. The van der Waals surface area contributed by atoms with Gasteiger partial charge in [-0.3, -0.25) is 0 Å². The summed E-state index contributed by atoms with van der Waals surface area (Å²) >= 11 is 0. The lowest BCUT2D eigenvalue weighted by atomic mass is 9.79. The minimum absolute atomic E-state index is 0.298. The fourth-order valence-corrected chi connectivity index (χ4v) is 2.56. The molecule has 1 aliphatic heterocycles. The maximum atomic E-state index is 6.06. The topological polar surface area (TPSA) is 27.7 Å². The van der Waals surface area contributed by atoms with E-state index < -0.39 is 0 Å². The van der Waals surface area contributed by atoms with E-state index in [2.05, 4.69) is 34.6 Å². The molecule has 0 radical (unpaired) electrons. The Kier molecular flexibility index (Phi) is 3.57. The third-order valence-electron chi connectivity index (χ3n) is 5.01. The molecule has 1 saturated heterocycles. The van der Waals surface area contributed by atoms with Crippen LogP contribution in [0.1, 0.15) is 47.5 Å². The van der Waals surface area contributed by atoms with Crippen LogP contribution in [-0.4, -0.2) is 24.4 Å². The third-order valence-corrected chi connectivity index (χ3v) is 5.01. The Morgan fingerprint density at radius 3 is 2.05 bits per heavy atom. The molecule has 1 atom stereocenters. The van der Waals surface area contributed by atoms with Crippen molar-refractivity contribution < 1.29 is 14.0 Å². The second-order valence-corrected chi connectivity index (χ2v) is 7.32. The summed E-state index contributed by atoms with van der Waals surface area (Å²) in [6, 6.07) is 8.10.